The van der Waals surface area contributed by atoms with E-state index in [0.717, 1.165) is 5.56 Å². The second kappa shape index (κ2) is 6.69. The third-order valence-electron chi connectivity index (χ3n) is 4.21. The van der Waals surface area contributed by atoms with Crippen LogP contribution in [0.2, 0.25) is 0 Å². The van der Waals surface area contributed by atoms with E-state index in [1.165, 1.54) is 26.2 Å². The van der Waals surface area contributed by atoms with E-state index < -0.39 is 5.41 Å². The average molecular weight is 315 g/mol. The molecule has 0 saturated heterocycles. The second-order valence-electron chi connectivity index (χ2n) is 5.69. The van der Waals surface area contributed by atoms with Crippen LogP contribution in [0.15, 0.2) is 42.5 Å². The number of allylic oxidation sites excluding steroid dienone is 4. The number of aromatic hydroxyl groups is 1. The van der Waals surface area contributed by atoms with Crippen LogP contribution in [0.1, 0.15) is 18.9 Å². The van der Waals surface area contributed by atoms with E-state index in [2.05, 4.69) is 0 Å². The van der Waals surface area contributed by atoms with Crippen LogP contribution in [0.25, 0.3) is 0 Å². The van der Waals surface area contributed by atoms with Gasteiger partial charge in [0, 0.05) is 25.9 Å². The largest absolute Gasteiger partial charge is 0.504 e. The van der Waals surface area contributed by atoms with Crippen molar-refractivity contribution in [2.75, 3.05) is 20.7 Å². The van der Waals surface area contributed by atoms with Crippen LogP contribution in [0.4, 0.5) is 0 Å². The highest BCUT2D eigenvalue weighted by molar-refractivity contribution is 6.00. The molecule has 1 aromatic carbocycles. The van der Waals surface area contributed by atoms with Gasteiger partial charge in [0.2, 0.25) is 5.91 Å². The topological polar surface area (TPSA) is 66.8 Å². The van der Waals surface area contributed by atoms with Crippen LogP contribution in [-0.2, 0) is 15.0 Å². The van der Waals surface area contributed by atoms with Gasteiger partial charge in [-0.1, -0.05) is 18.2 Å². The first-order valence-electron chi connectivity index (χ1n) is 7.39. The molecule has 1 amide bonds. The number of rotatable bonds is 5. The summed E-state index contributed by atoms with van der Waals surface area (Å²) in [6.07, 6.45) is 7.38. The molecule has 0 heterocycles. The Morgan fingerprint density at radius 3 is 2.52 bits per heavy atom. The number of hydrogen-bond acceptors (Lipinski definition) is 4. The molecule has 0 saturated carbocycles. The third-order valence-corrected chi connectivity index (χ3v) is 4.21. The summed E-state index contributed by atoms with van der Waals surface area (Å²) in [6.45, 7) is 2.06. The van der Waals surface area contributed by atoms with Gasteiger partial charge in [-0.05, 0) is 36.3 Å². The number of carbonyl (C=O) groups is 2. The Morgan fingerprint density at radius 2 is 1.96 bits per heavy atom. The van der Waals surface area contributed by atoms with Crippen LogP contribution in [-0.4, -0.2) is 42.4 Å². The molecule has 0 aromatic heterocycles. The maximum Gasteiger partial charge on any atom is 0.219 e. The molecular weight excluding hydrogens is 294 g/mol. The van der Waals surface area contributed by atoms with E-state index in [4.69, 9.17) is 4.74 Å². The minimum Gasteiger partial charge on any atom is -0.504 e. The summed E-state index contributed by atoms with van der Waals surface area (Å²) < 4.78 is 5.18. The molecule has 23 heavy (non-hydrogen) atoms. The number of phenolic OH excluding ortho intramolecular Hbond substituents is 1. The van der Waals surface area contributed by atoms with Crippen molar-refractivity contribution in [2.45, 2.75) is 18.8 Å². The molecule has 1 aliphatic carbocycles. The van der Waals surface area contributed by atoms with Gasteiger partial charge in [0.15, 0.2) is 17.3 Å². The van der Waals surface area contributed by atoms with Gasteiger partial charge >= 0.3 is 0 Å². The van der Waals surface area contributed by atoms with Crippen molar-refractivity contribution in [1.82, 2.24) is 4.90 Å². The van der Waals surface area contributed by atoms with Crippen LogP contribution in [0.5, 0.6) is 11.5 Å². The summed E-state index contributed by atoms with van der Waals surface area (Å²) in [5.74, 6) is 0.363. The Labute approximate surface area is 135 Å². The lowest BCUT2D eigenvalue weighted by Crippen LogP contribution is -2.32. The lowest BCUT2D eigenvalue weighted by molar-refractivity contribution is -0.127. The van der Waals surface area contributed by atoms with Crippen molar-refractivity contribution in [1.29, 1.82) is 0 Å². The number of methoxy groups -OCH3 is 1. The maximum atomic E-state index is 11.5. The van der Waals surface area contributed by atoms with Crippen molar-refractivity contribution in [3.05, 3.63) is 48.1 Å². The fourth-order valence-corrected chi connectivity index (χ4v) is 2.55. The molecule has 1 aromatic rings. The first-order chi connectivity index (χ1) is 10.9. The molecule has 5 nitrogen and oxygen atoms in total. The number of hydrogen-bond donors (Lipinski definition) is 1. The molecule has 0 fully saturated rings. The standard InChI is InChI=1S/C18H21NO4/c1-13(20)19(2)11-10-18(8-6-15(21)7-9-18)14-4-5-16(22)17(12-14)23-3/h4-9,12,22H,10-11H2,1-3H3. The Bertz CT molecular complexity index is 660. The predicted molar refractivity (Wildman–Crippen MR) is 87.6 cm³/mol. The molecule has 0 unspecified atom stereocenters. The van der Waals surface area contributed by atoms with Crippen molar-refractivity contribution in [2.24, 2.45) is 0 Å². The Morgan fingerprint density at radius 1 is 1.30 bits per heavy atom. The summed E-state index contributed by atoms with van der Waals surface area (Å²) >= 11 is 0. The Balaban J connectivity index is 2.38. The van der Waals surface area contributed by atoms with Crippen molar-refractivity contribution in [3.8, 4) is 11.5 Å². The van der Waals surface area contributed by atoms with Crippen molar-refractivity contribution >= 4 is 11.7 Å². The van der Waals surface area contributed by atoms with E-state index in [0.29, 0.717) is 18.7 Å². The molecule has 5 heteroatoms. The van der Waals surface area contributed by atoms with Gasteiger partial charge in [0.25, 0.3) is 0 Å². The minimum atomic E-state index is -0.515. The highest BCUT2D eigenvalue weighted by Crippen LogP contribution is 2.38. The van der Waals surface area contributed by atoms with E-state index in [1.807, 2.05) is 12.2 Å². The van der Waals surface area contributed by atoms with Crippen LogP contribution in [0.3, 0.4) is 0 Å². The smallest absolute Gasteiger partial charge is 0.219 e. The highest BCUT2D eigenvalue weighted by Gasteiger charge is 2.30. The first-order valence-corrected chi connectivity index (χ1v) is 7.39. The molecule has 0 aliphatic heterocycles. The highest BCUT2D eigenvalue weighted by atomic mass is 16.5. The second-order valence-corrected chi connectivity index (χ2v) is 5.69. The molecule has 0 bridgehead atoms. The number of ether oxygens (including phenoxy) is 1. The zero-order valence-corrected chi connectivity index (χ0v) is 13.6. The molecule has 1 aliphatic rings. The number of amides is 1. The first kappa shape index (κ1) is 16.8. The monoisotopic (exact) mass is 315 g/mol. The summed E-state index contributed by atoms with van der Waals surface area (Å²) in [4.78, 5) is 24.6. The number of phenols is 1. The number of ketones is 1. The van der Waals surface area contributed by atoms with E-state index in [-0.39, 0.29) is 17.4 Å². The van der Waals surface area contributed by atoms with Gasteiger partial charge in [-0.3, -0.25) is 9.59 Å². The van der Waals surface area contributed by atoms with E-state index in [9.17, 15) is 14.7 Å². The molecule has 0 radical (unpaired) electrons. The fraction of sp³-hybridized carbons (Fsp3) is 0.333. The Hall–Kier alpha value is -2.56. The molecule has 1 N–H and O–H groups in total. The van der Waals surface area contributed by atoms with E-state index >= 15 is 0 Å². The molecular formula is C18H21NO4. The van der Waals surface area contributed by atoms with Gasteiger partial charge in [-0.25, -0.2) is 0 Å². The lowest BCUT2D eigenvalue weighted by atomic mass is 9.74. The molecule has 122 valence electrons. The quantitative estimate of drug-likeness (QED) is 0.904. The SMILES string of the molecule is COc1cc(C2(CCN(C)C(C)=O)C=CC(=O)C=C2)ccc1O. The van der Waals surface area contributed by atoms with Gasteiger partial charge in [0.05, 0.1) is 7.11 Å². The summed E-state index contributed by atoms with van der Waals surface area (Å²) in [5.41, 5.74) is 0.377. The summed E-state index contributed by atoms with van der Waals surface area (Å²) in [6, 6.07) is 5.13. The zero-order valence-electron chi connectivity index (χ0n) is 13.6. The normalized spacial score (nSPS) is 15.5. The summed E-state index contributed by atoms with van der Waals surface area (Å²) in [5, 5.41) is 9.78. The summed E-state index contributed by atoms with van der Waals surface area (Å²) in [7, 11) is 3.24. The average Bonchev–Trinajstić information content (AvgIpc) is 2.54. The third kappa shape index (κ3) is 3.62. The van der Waals surface area contributed by atoms with Gasteiger partial charge in [-0.2, -0.15) is 0 Å². The van der Waals surface area contributed by atoms with Crippen molar-refractivity contribution < 1.29 is 19.4 Å². The number of nitrogens with zero attached hydrogens (tertiary/aromatic N) is 1. The van der Waals surface area contributed by atoms with Gasteiger partial charge in [0.1, 0.15) is 0 Å². The molecule has 2 rings (SSSR count). The lowest BCUT2D eigenvalue weighted by Gasteiger charge is -2.32. The van der Waals surface area contributed by atoms with Gasteiger partial charge in [-0.15, -0.1) is 0 Å². The maximum absolute atomic E-state index is 11.5. The number of carbonyl (C=O) groups excluding carboxylic acids is 2. The van der Waals surface area contributed by atoms with Gasteiger partial charge < -0.3 is 14.7 Å². The number of benzene rings is 1. The van der Waals surface area contributed by atoms with E-state index in [1.54, 1.807) is 30.1 Å². The van der Waals surface area contributed by atoms with Crippen LogP contribution < -0.4 is 4.74 Å². The zero-order chi connectivity index (χ0) is 17.0. The van der Waals surface area contributed by atoms with Crippen molar-refractivity contribution in [3.63, 3.8) is 0 Å². The molecule has 0 atom stereocenters. The minimum absolute atomic E-state index is 0.0109. The molecule has 0 spiro atoms. The predicted octanol–water partition coefficient (Wildman–Crippen LogP) is 2.20. The van der Waals surface area contributed by atoms with Crippen LogP contribution >= 0.6 is 0 Å². The fourth-order valence-electron chi connectivity index (χ4n) is 2.55. The van der Waals surface area contributed by atoms with Crippen LogP contribution in [0, 0.1) is 0 Å². The Kier molecular flexibility index (Phi) is 4.89.